The summed E-state index contributed by atoms with van der Waals surface area (Å²) < 4.78 is 0.856. The maximum Gasteiger partial charge on any atom is 0.132 e. The first kappa shape index (κ1) is 12.1. The minimum atomic E-state index is 0.856. The molecule has 88 valence electrons. The summed E-state index contributed by atoms with van der Waals surface area (Å²) in [7, 11) is 6.53. The summed E-state index contributed by atoms with van der Waals surface area (Å²) >= 11 is 1.76. The highest BCUT2D eigenvalue weighted by atomic mass is 32.1. The fraction of sp³-hybridized carbons (Fsp3) is 0.200. The van der Waals surface area contributed by atoms with Crippen LogP contribution in [0.4, 0.5) is 5.69 Å². The molecule has 0 aliphatic heterocycles. The highest BCUT2D eigenvalue weighted by Crippen LogP contribution is 2.19. The number of hydrogen-bond acceptors (Lipinski definition) is 1. The van der Waals surface area contributed by atoms with Crippen molar-refractivity contribution in [2.45, 2.75) is 0 Å². The van der Waals surface area contributed by atoms with Crippen molar-refractivity contribution in [3.05, 3.63) is 52.2 Å². The van der Waals surface area contributed by atoms with E-state index in [2.05, 4.69) is 75.1 Å². The molecule has 0 radical (unpaired) electrons. The van der Waals surface area contributed by atoms with Gasteiger partial charge in [0.15, 0.2) is 0 Å². The van der Waals surface area contributed by atoms with E-state index in [9.17, 15) is 0 Å². The van der Waals surface area contributed by atoms with Crippen molar-refractivity contribution in [2.75, 3.05) is 21.1 Å². The second-order valence-electron chi connectivity index (χ2n) is 4.95. The molecule has 1 nitrogen and oxygen atoms in total. The Bertz CT molecular complexity index is 487. The first-order chi connectivity index (χ1) is 8.05. The average molecular weight is 244 g/mol. The number of quaternary nitrogens is 1. The molecule has 2 heteroatoms. The standard InChI is InChI=1S/C15H18NS/c1-16(2,3)14-9-6-13(7-10-14)8-11-15-5-4-12-17-15/h4-12H,1-3H3/q+1/b11-8+. The molecule has 0 N–H and O–H groups in total. The number of thiophene rings is 1. The Kier molecular flexibility index (Phi) is 3.46. The van der Waals surface area contributed by atoms with Crippen LogP contribution in [-0.2, 0) is 0 Å². The maximum absolute atomic E-state index is 2.19. The average Bonchev–Trinajstić information content (AvgIpc) is 2.78. The molecule has 1 aromatic heterocycles. The summed E-state index contributed by atoms with van der Waals surface area (Å²) in [4.78, 5) is 1.29. The van der Waals surface area contributed by atoms with Crippen molar-refractivity contribution in [1.82, 2.24) is 4.48 Å². The third kappa shape index (κ3) is 3.29. The second kappa shape index (κ2) is 4.86. The van der Waals surface area contributed by atoms with Gasteiger partial charge in [-0.05, 0) is 47.4 Å². The molecule has 0 bridgehead atoms. The topological polar surface area (TPSA) is 0 Å². The van der Waals surface area contributed by atoms with Gasteiger partial charge in [-0.25, -0.2) is 0 Å². The molecular weight excluding hydrogens is 226 g/mol. The summed E-state index contributed by atoms with van der Waals surface area (Å²) in [5, 5.41) is 2.10. The lowest BCUT2D eigenvalue weighted by Crippen LogP contribution is -2.34. The van der Waals surface area contributed by atoms with Crippen molar-refractivity contribution in [2.24, 2.45) is 0 Å². The molecule has 17 heavy (non-hydrogen) atoms. The number of nitrogens with zero attached hydrogens (tertiary/aromatic N) is 1. The number of hydrogen-bond donors (Lipinski definition) is 0. The Morgan fingerprint density at radius 3 is 2.18 bits per heavy atom. The minimum Gasteiger partial charge on any atom is -0.298 e. The molecule has 0 fully saturated rings. The molecule has 0 unspecified atom stereocenters. The monoisotopic (exact) mass is 244 g/mol. The van der Waals surface area contributed by atoms with E-state index in [4.69, 9.17) is 0 Å². The van der Waals surface area contributed by atoms with Gasteiger partial charge in [-0.15, -0.1) is 11.3 Å². The quantitative estimate of drug-likeness (QED) is 0.713. The Labute approximate surface area is 107 Å². The molecule has 0 spiro atoms. The largest absolute Gasteiger partial charge is 0.298 e. The zero-order valence-electron chi connectivity index (χ0n) is 10.6. The summed E-state index contributed by atoms with van der Waals surface area (Å²) in [6.07, 6.45) is 4.32. The van der Waals surface area contributed by atoms with E-state index in [1.165, 1.54) is 16.1 Å². The van der Waals surface area contributed by atoms with Gasteiger partial charge in [0.2, 0.25) is 0 Å². The Morgan fingerprint density at radius 2 is 1.65 bits per heavy atom. The Hall–Kier alpha value is -1.38. The van der Waals surface area contributed by atoms with Gasteiger partial charge in [0.05, 0.1) is 21.1 Å². The van der Waals surface area contributed by atoms with Gasteiger partial charge in [-0.2, -0.15) is 0 Å². The molecule has 2 rings (SSSR count). The SMILES string of the molecule is C[N+](C)(C)c1ccc(/C=C/c2cccs2)cc1. The van der Waals surface area contributed by atoms with Crippen LogP contribution in [0.15, 0.2) is 41.8 Å². The van der Waals surface area contributed by atoms with Crippen molar-refractivity contribution >= 4 is 29.2 Å². The predicted octanol–water partition coefficient (Wildman–Crippen LogP) is 4.12. The molecular formula is C15H18NS+. The molecule has 0 amide bonds. The highest BCUT2D eigenvalue weighted by molar-refractivity contribution is 7.10. The van der Waals surface area contributed by atoms with Crippen molar-refractivity contribution < 1.29 is 0 Å². The molecule has 0 saturated carbocycles. The smallest absolute Gasteiger partial charge is 0.132 e. The number of benzene rings is 1. The van der Waals surface area contributed by atoms with Crippen molar-refractivity contribution in [3.8, 4) is 0 Å². The van der Waals surface area contributed by atoms with E-state index in [1.54, 1.807) is 11.3 Å². The fourth-order valence-electron chi connectivity index (χ4n) is 1.60. The van der Waals surface area contributed by atoms with E-state index >= 15 is 0 Å². The summed E-state index contributed by atoms with van der Waals surface area (Å²) in [5.74, 6) is 0. The van der Waals surface area contributed by atoms with Crippen LogP contribution < -0.4 is 4.48 Å². The van der Waals surface area contributed by atoms with Gasteiger partial charge < -0.3 is 0 Å². The van der Waals surface area contributed by atoms with Crippen LogP contribution in [0.25, 0.3) is 12.2 Å². The van der Waals surface area contributed by atoms with Crippen molar-refractivity contribution in [3.63, 3.8) is 0 Å². The van der Waals surface area contributed by atoms with E-state index in [0.717, 1.165) is 4.48 Å². The van der Waals surface area contributed by atoms with Gasteiger partial charge in [-0.3, -0.25) is 4.48 Å². The molecule has 0 aliphatic carbocycles. The second-order valence-corrected chi connectivity index (χ2v) is 5.93. The summed E-state index contributed by atoms with van der Waals surface area (Å²) in [5.41, 5.74) is 2.56. The molecule has 0 atom stereocenters. The van der Waals surface area contributed by atoms with Gasteiger partial charge in [-0.1, -0.05) is 12.1 Å². The van der Waals surface area contributed by atoms with Gasteiger partial charge >= 0.3 is 0 Å². The summed E-state index contributed by atoms with van der Waals surface area (Å²) in [6.45, 7) is 0. The van der Waals surface area contributed by atoms with Gasteiger partial charge in [0.25, 0.3) is 0 Å². The van der Waals surface area contributed by atoms with Gasteiger partial charge in [0, 0.05) is 4.88 Å². The summed E-state index contributed by atoms with van der Waals surface area (Å²) in [6, 6.07) is 12.9. The van der Waals surface area contributed by atoms with E-state index in [0.29, 0.717) is 0 Å². The lowest BCUT2D eigenvalue weighted by atomic mass is 10.1. The van der Waals surface area contributed by atoms with Crippen LogP contribution in [0, 0.1) is 0 Å². The molecule has 2 aromatic rings. The number of rotatable bonds is 3. The van der Waals surface area contributed by atoms with Gasteiger partial charge in [0.1, 0.15) is 5.69 Å². The highest BCUT2D eigenvalue weighted by Gasteiger charge is 2.10. The van der Waals surface area contributed by atoms with Crippen LogP contribution in [0.2, 0.25) is 0 Å². The molecule has 1 heterocycles. The van der Waals surface area contributed by atoms with E-state index in [-0.39, 0.29) is 0 Å². The van der Waals surface area contributed by atoms with Crippen LogP contribution in [-0.4, -0.2) is 21.1 Å². The first-order valence-electron chi connectivity index (χ1n) is 5.69. The van der Waals surface area contributed by atoms with Crippen LogP contribution in [0.5, 0.6) is 0 Å². The Morgan fingerprint density at radius 1 is 0.941 bits per heavy atom. The fourth-order valence-corrected chi connectivity index (χ4v) is 2.22. The molecule has 1 aromatic carbocycles. The third-order valence-electron chi connectivity index (χ3n) is 2.65. The zero-order chi connectivity index (χ0) is 12.3. The van der Waals surface area contributed by atoms with Crippen LogP contribution in [0.3, 0.4) is 0 Å². The Balaban J connectivity index is 2.14. The van der Waals surface area contributed by atoms with Crippen molar-refractivity contribution in [1.29, 1.82) is 0 Å². The maximum atomic E-state index is 2.19. The first-order valence-corrected chi connectivity index (χ1v) is 6.57. The van der Waals surface area contributed by atoms with Crippen LogP contribution in [0.1, 0.15) is 10.4 Å². The predicted molar refractivity (Wildman–Crippen MR) is 79.3 cm³/mol. The van der Waals surface area contributed by atoms with E-state index in [1.807, 2.05) is 0 Å². The van der Waals surface area contributed by atoms with Crippen LogP contribution >= 0.6 is 11.3 Å². The lowest BCUT2D eigenvalue weighted by Gasteiger charge is -2.23. The zero-order valence-corrected chi connectivity index (χ0v) is 11.4. The lowest BCUT2D eigenvalue weighted by molar-refractivity contribution is 0.486. The molecule has 0 aliphatic rings. The molecule has 0 saturated heterocycles. The normalized spacial score (nSPS) is 12.2. The van der Waals surface area contributed by atoms with E-state index < -0.39 is 0 Å². The minimum absolute atomic E-state index is 0.856. The third-order valence-corrected chi connectivity index (χ3v) is 3.49.